The average Bonchev–Trinajstić information content (AvgIpc) is 3.25. The number of aliphatic hydroxyl groups is 4. The molecular weight excluding hydrogens is 757 g/mol. The third-order valence-electron chi connectivity index (χ3n) is 10.00. The zero-order chi connectivity index (χ0) is 43.6. The Hall–Kier alpha value is -2.89. The molecule has 1 fully saturated rings. The van der Waals surface area contributed by atoms with Crippen LogP contribution >= 0.6 is 0 Å². The zero-order valence-corrected chi connectivity index (χ0v) is 37.4. The van der Waals surface area contributed by atoms with Gasteiger partial charge >= 0.3 is 5.97 Å². The van der Waals surface area contributed by atoms with E-state index in [1.807, 2.05) is 0 Å². The maximum atomic E-state index is 12.8. The van der Waals surface area contributed by atoms with E-state index < -0.39 is 43.4 Å². The Morgan fingerprint density at radius 1 is 0.533 bits per heavy atom. The van der Waals surface area contributed by atoms with E-state index in [9.17, 15) is 25.2 Å². The second-order valence-corrected chi connectivity index (χ2v) is 15.4. The van der Waals surface area contributed by atoms with E-state index in [0.717, 1.165) is 96.3 Å². The van der Waals surface area contributed by atoms with Gasteiger partial charge in [0.2, 0.25) is 0 Å². The van der Waals surface area contributed by atoms with Crippen molar-refractivity contribution in [3.05, 3.63) is 97.2 Å². The van der Waals surface area contributed by atoms with Gasteiger partial charge in [-0.3, -0.25) is 4.79 Å². The minimum absolute atomic E-state index is 0.119. The second-order valence-electron chi connectivity index (χ2n) is 15.4. The number of carbonyl (C=O) groups excluding carboxylic acids is 1. The first-order valence-corrected chi connectivity index (χ1v) is 23.3. The van der Waals surface area contributed by atoms with Crippen LogP contribution in [0.15, 0.2) is 97.2 Å². The number of hydrogen-bond donors (Lipinski definition) is 4. The number of rotatable bonds is 38. The number of unbranched alkanes of at least 4 members (excludes halogenated alkanes) is 11. The third kappa shape index (κ3) is 31.9. The number of aliphatic hydroxyl groups excluding tert-OH is 4. The van der Waals surface area contributed by atoms with Gasteiger partial charge in [-0.1, -0.05) is 156 Å². The molecule has 1 rings (SSSR count). The second kappa shape index (κ2) is 41.5. The first kappa shape index (κ1) is 55.1. The molecule has 0 spiro atoms. The minimum Gasteiger partial charge on any atom is -0.457 e. The van der Waals surface area contributed by atoms with Crippen molar-refractivity contribution in [1.82, 2.24) is 0 Å². The molecular formula is C51H84O9. The number of carbonyl (C=O) groups is 1. The van der Waals surface area contributed by atoms with Crippen molar-refractivity contribution in [1.29, 1.82) is 0 Å². The lowest BCUT2D eigenvalue weighted by Gasteiger charge is -2.39. The van der Waals surface area contributed by atoms with Gasteiger partial charge in [0.1, 0.15) is 30.5 Å². The van der Waals surface area contributed by atoms with Gasteiger partial charge in [-0.2, -0.15) is 0 Å². The molecule has 0 aliphatic carbocycles. The monoisotopic (exact) mass is 841 g/mol. The van der Waals surface area contributed by atoms with Crippen LogP contribution < -0.4 is 0 Å². The normalized spacial score (nSPS) is 20.9. The van der Waals surface area contributed by atoms with Gasteiger partial charge in [0.05, 0.1) is 19.8 Å². The summed E-state index contributed by atoms with van der Waals surface area (Å²) < 4.78 is 22.8. The summed E-state index contributed by atoms with van der Waals surface area (Å²) in [6.07, 6.45) is 50.0. The van der Waals surface area contributed by atoms with Crippen LogP contribution in [-0.2, 0) is 23.7 Å². The molecule has 0 amide bonds. The molecule has 0 aromatic rings. The maximum absolute atomic E-state index is 12.8. The number of ether oxygens (including phenoxy) is 4. The summed E-state index contributed by atoms with van der Waals surface area (Å²) in [5, 5.41) is 40.2. The summed E-state index contributed by atoms with van der Waals surface area (Å²) in [7, 11) is 0. The molecule has 6 unspecified atom stereocenters. The van der Waals surface area contributed by atoms with Crippen LogP contribution in [0.3, 0.4) is 0 Å². The molecule has 0 bridgehead atoms. The van der Waals surface area contributed by atoms with Gasteiger partial charge in [0.25, 0.3) is 0 Å². The third-order valence-corrected chi connectivity index (χ3v) is 10.00. The van der Waals surface area contributed by atoms with E-state index >= 15 is 0 Å². The lowest BCUT2D eigenvalue weighted by atomic mass is 9.99. The zero-order valence-electron chi connectivity index (χ0n) is 37.4. The molecule has 0 radical (unpaired) electrons. The quantitative estimate of drug-likeness (QED) is 0.0272. The predicted molar refractivity (Wildman–Crippen MR) is 246 cm³/mol. The van der Waals surface area contributed by atoms with Crippen molar-refractivity contribution in [2.75, 3.05) is 26.4 Å². The van der Waals surface area contributed by atoms with Crippen LogP contribution in [0.5, 0.6) is 0 Å². The molecule has 0 aromatic carbocycles. The lowest BCUT2D eigenvalue weighted by Crippen LogP contribution is -2.59. The van der Waals surface area contributed by atoms with Crippen LogP contribution in [0.1, 0.15) is 155 Å². The van der Waals surface area contributed by atoms with Crippen LogP contribution in [0.2, 0.25) is 0 Å². The number of hydrogen-bond acceptors (Lipinski definition) is 9. The fraction of sp³-hybridized carbons (Fsp3) is 0.667. The summed E-state index contributed by atoms with van der Waals surface area (Å²) in [5.41, 5.74) is 0. The van der Waals surface area contributed by atoms with Gasteiger partial charge in [0, 0.05) is 13.0 Å². The fourth-order valence-electron chi connectivity index (χ4n) is 6.41. The average molecular weight is 841 g/mol. The van der Waals surface area contributed by atoms with Crippen molar-refractivity contribution < 1.29 is 44.2 Å². The van der Waals surface area contributed by atoms with Crippen LogP contribution in [0.4, 0.5) is 0 Å². The van der Waals surface area contributed by atoms with Gasteiger partial charge in [-0.05, 0) is 89.9 Å². The molecule has 60 heavy (non-hydrogen) atoms. The number of allylic oxidation sites excluding steroid dienone is 16. The molecule has 0 aromatic heterocycles. The van der Waals surface area contributed by atoms with Crippen molar-refractivity contribution in [2.24, 2.45) is 0 Å². The Morgan fingerprint density at radius 2 is 0.967 bits per heavy atom. The summed E-state index contributed by atoms with van der Waals surface area (Å²) in [4.78, 5) is 12.8. The van der Waals surface area contributed by atoms with Crippen molar-refractivity contribution in [3.8, 4) is 0 Å². The molecule has 1 saturated heterocycles. The van der Waals surface area contributed by atoms with E-state index in [1.54, 1.807) is 0 Å². The van der Waals surface area contributed by atoms with Crippen molar-refractivity contribution in [2.45, 2.75) is 192 Å². The van der Waals surface area contributed by atoms with E-state index in [4.69, 9.17) is 18.9 Å². The molecule has 6 atom stereocenters. The summed E-state index contributed by atoms with van der Waals surface area (Å²) >= 11 is 0. The van der Waals surface area contributed by atoms with Gasteiger partial charge in [-0.15, -0.1) is 0 Å². The van der Waals surface area contributed by atoms with Crippen molar-refractivity contribution >= 4 is 5.97 Å². The standard InChI is InChI=1S/C51H84O9/c1-3-5-7-9-11-13-15-17-19-21-23-24-26-28-30-32-34-36-38-40-47(53)59-45(44-58-51-50(56)49(55)48(54)46(42-52)60-51)43-57-41-39-37-35-33-31-29-27-25-22-20-18-16-14-12-10-8-6-4-2/h5-8,11-14,17-20,23-24,28,30,45-46,48-52,54-56H,3-4,9-10,15-16,21-22,25-27,29,31-44H2,1-2H3/b7-5-,8-6-,13-11-,14-12-,19-17-,20-18-,24-23-,30-28-. The SMILES string of the molecule is CC/C=C\C/C=C\C/C=C\C/C=C\C/C=C\CCCCCC(=O)OC(COCCCCCCCCCC/C=C\C/C=C\C/C=C\CC)COC1OC(CO)C(O)C(O)C1O. The van der Waals surface area contributed by atoms with Crippen molar-refractivity contribution in [3.63, 3.8) is 0 Å². The van der Waals surface area contributed by atoms with Crippen LogP contribution in [0.25, 0.3) is 0 Å². The highest BCUT2D eigenvalue weighted by Crippen LogP contribution is 2.22. The summed E-state index contributed by atoms with van der Waals surface area (Å²) in [6.45, 7) is 4.25. The maximum Gasteiger partial charge on any atom is 0.306 e. The summed E-state index contributed by atoms with van der Waals surface area (Å²) in [6, 6.07) is 0. The Balaban J connectivity index is 2.30. The lowest BCUT2D eigenvalue weighted by molar-refractivity contribution is -0.305. The Bertz CT molecular complexity index is 1230. The van der Waals surface area contributed by atoms with E-state index in [-0.39, 0.29) is 25.6 Å². The Kier molecular flexibility index (Phi) is 38.1. The predicted octanol–water partition coefficient (Wildman–Crippen LogP) is 10.8. The highest BCUT2D eigenvalue weighted by atomic mass is 16.7. The Morgan fingerprint density at radius 3 is 1.45 bits per heavy atom. The fourth-order valence-corrected chi connectivity index (χ4v) is 6.41. The highest BCUT2D eigenvalue weighted by molar-refractivity contribution is 5.69. The molecule has 4 N–H and O–H groups in total. The van der Waals surface area contributed by atoms with E-state index in [0.29, 0.717) is 13.0 Å². The Labute approximate surface area is 364 Å². The number of esters is 1. The molecule has 9 nitrogen and oxygen atoms in total. The highest BCUT2D eigenvalue weighted by Gasteiger charge is 2.44. The summed E-state index contributed by atoms with van der Waals surface area (Å²) in [5.74, 6) is -0.352. The van der Waals surface area contributed by atoms with Gasteiger partial charge < -0.3 is 39.4 Å². The first-order chi connectivity index (χ1) is 29.4. The largest absolute Gasteiger partial charge is 0.457 e. The topological polar surface area (TPSA) is 135 Å². The first-order valence-electron chi connectivity index (χ1n) is 23.3. The smallest absolute Gasteiger partial charge is 0.306 e. The van der Waals surface area contributed by atoms with Gasteiger partial charge in [-0.25, -0.2) is 0 Å². The molecule has 342 valence electrons. The van der Waals surface area contributed by atoms with E-state index in [1.165, 1.54) is 32.1 Å². The van der Waals surface area contributed by atoms with Gasteiger partial charge in [0.15, 0.2) is 6.29 Å². The van der Waals surface area contributed by atoms with Crippen LogP contribution in [0, 0.1) is 0 Å². The van der Waals surface area contributed by atoms with Crippen LogP contribution in [-0.4, -0.2) is 89.6 Å². The molecule has 1 aliphatic heterocycles. The molecule has 1 heterocycles. The molecule has 0 saturated carbocycles. The molecule has 9 heteroatoms. The van der Waals surface area contributed by atoms with E-state index in [2.05, 4.69) is 111 Å². The molecule has 1 aliphatic rings. The minimum atomic E-state index is -1.55.